The summed E-state index contributed by atoms with van der Waals surface area (Å²) in [6, 6.07) is 0. The Bertz CT molecular complexity index is 349. The van der Waals surface area contributed by atoms with Crippen LogP contribution in [0.2, 0.25) is 0 Å². The minimum Gasteiger partial charge on any atom is -0.330 e. The highest BCUT2D eigenvalue weighted by Gasteiger charge is 2.17. The van der Waals surface area contributed by atoms with Crippen LogP contribution in [0.25, 0.3) is 0 Å². The normalized spacial score (nSPS) is 11.6. The summed E-state index contributed by atoms with van der Waals surface area (Å²) in [6.45, 7) is 4.67. The number of aromatic nitrogens is 3. The zero-order valence-corrected chi connectivity index (χ0v) is 9.10. The van der Waals surface area contributed by atoms with Gasteiger partial charge >= 0.3 is 0 Å². The average Bonchev–Trinajstić information content (AvgIpc) is 2.17. The molecular weight excluding hydrogens is 200 g/mol. The molecular formula is C8H14N4OS. The van der Waals surface area contributed by atoms with Gasteiger partial charge in [0, 0.05) is 5.75 Å². The molecule has 1 heterocycles. The van der Waals surface area contributed by atoms with E-state index in [0.29, 0.717) is 11.6 Å². The first-order valence-electron chi connectivity index (χ1n) is 4.28. The third-order valence-electron chi connectivity index (χ3n) is 1.75. The van der Waals surface area contributed by atoms with Crippen LogP contribution in [-0.2, 0) is 0 Å². The third-order valence-corrected chi connectivity index (χ3v) is 3.21. The fraction of sp³-hybridized carbons (Fsp3) is 0.625. The van der Waals surface area contributed by atoms with Gasteiger partial charge in [-0.1, -0.05) is 25.6 Å². The van der Waals surface area contributed by atoms with Gasteiger partial charge in [0.2, 0.25) is 0 Å². The van der Waals surface area contributed by atoms with E-state index in [0.717, 1.165) is 5.75 Å². The summed E-state index contributed by atoms with van der Waals surface area (Å²) < 4.78 is 0. The molecule has 0 aliphatic carbocycles. The van der Waals surface area contributed by atoms with Crippen molar-refractivity contribution in [2.75, 3.05) is 12.3 Å². The van der Waals surface area contributed by atoms with Crippen LogP contribution in [0.15, 0.2) is 16.1 Å². The number of hydrogen-bond donors (Lipinski definition) is 2. The smallest absolute Gasteiger partial charge is 0.283 e. The number of thioether (sulfide) groups is 1. The van der Waals surface area contributed by atoms with Crippen LogP contribution in [0.1, 0.15) is 13.8 Å². The van der Waals surface area contributed by atoms with Crippen molar-refractivity contribution in [2.45, 2.75) is 18.9 Å². The molecule has 0 saturated heterocycles. The van der Waals surface area contributed by atoms with Gasteiger partial charge < -0.3 is 10.7 Å². The molecule has 6 heteroatoms. The quantitative estimate of drug-likeness (QED) is 0.701. The van der Waals surface area contributed by atoms with Gasteiger partial charge in [0.25, 0.3) is 5.56 Å². The number of hydrogen-bond acceptors (Lipinski definition) is 5. The minimum absolute atomic E-state index is 0.00856. The van der Waals surface area contributed by atoms with E-state index in [1.54, 1.807) is 0 Å². The molecule has 5 nitrogen and oxygen atoms in total. The fourth-order valence-electron chi connectivity index (χ4n) is 0.693. The predicted molar refractivity (Wildman–Crippen MR) is 56.2 cm³/mol. The van der Waals surface area contributed by atoms with Gasteiger partial charge in [-0.05, 0) is 12.0 Å². The second-order valence-electron chi connectivity index (χ2n) is 3.78. The second-order valence-corrected chi connectivity index (χ2v) is 4.74. The molecule has 78 valence electrons. The van der Waals surface area contributed by atoms with Crippen molar-refractivity contribution >= 4 is 11.8 Å². The Labute approximate surface area is 86.5 Å². The lowest BCUT2D eigenvalue weighted by Gasteiger charge is -2.20. The van der Waals surface area contributed by atoms with Crippen molar-refractivity contribution in [3.63, 3.8) is 0 Å². The Morgan fingerprint density at radius 3 is 2.93 bits per heavy atom. The average molecular weight is 214 g/mol. The van der Waals surface area contributed by atoms with Crippen molar-refractivity contribution in [2.24, 2.45) is 11.1 Å². The van der Waals surface area contributed by atoms with Crippen molar-refractivity contribution in [1.82, 2.24) is 15.2 Å². The number of nitrogens with one attached hydrogen (secondary N) is 1. The molecule has 3 N–H and O–H groups in total. The van der Waals surface area contributed by atoms with Crippen LogP contribution >= 0.6 is 11.8 Å². The largest absolute Gasteiger partial charge is 0.330 e. The summed E-state index contributed by atoms with van der Waals surface area (Å²) in [5.74, 6) is 0.755. The predicted octanol–water partition coefficient (Wildman–Crippen LogP) is 0.242. The van der Waals surface area contributed by atoms with Gasteiger partial charge in [-0.25, -0.2) is 0 Å². The SMILES string of the molecule is CC(C)(CN)CSc1nnc[nH]c1=O. The molecule has 0 bridgehead atoms. The van der Waals surface area contributed by atoms with E-state index in [2.05, 4.69) is 15.2 Å². The number of aromatic amines is 1. The van der Waals surface area contributed by atoms with Crippen LogP contribution < -0.4 is 11.3 Å². The van der Waals surface area contributed by atoms with Crippen molar-refractivity contribution < 1.29 is 0 Å². The molecule has 0 aliphatic heterocycles. The zero-order valence-electron chi connectivity index (χ0n) is 8.28. The summed E-state index contributed by atoms with van der Waals surface area (Å²) in [5.41, 5.74) is 5.39. The summed E-state index contributed by atoms with van der Waals surface area (Å²) in [4.78, 5) is 13.7. The van der Waals surface area contributed by atoms with E-state index < -0.39 is 0 Å². The highest BCUT2D eigenvalue weighted by atomic mass is 32.2. The molecule has 0 amide bonds. The summed E-state index contributed by atoms with van der Waals surface area (Å²) in [6.07, 6.45) is 1.28. The Hall–Kier alpha value is -0.880. The Kier molecular flexibility index (Phi) is 3.65. The maximum Gasteiger partial charge on any atom is 0.283 e. The fourth-order valence-corrected chi connectivity index (χ4v) is 1.63. The first-order valence-corrected chi connectivity index (χ1v) is 5.27. The maximum atomic E-state index is 11.2. The van der Waals surface area contributed by atoms with Gasteiger partial charge in [0.15, 0.2) is 5.03 Å². The van der Waals surface area contributed by atoms with Crippen LogP contribution in [0.5, 0.6) is 0 Å². The second kappa shape index (κ2) is 4.56. The van der Waals surface area contributed by atoms with Gasteiger partial charge in [-0.3, -0.25) is 4.79 Å². The summed E-state index contributed by atoms with van der Waals surface area (Å²) in [7, 11) is 0. The Morgan fingerprint density at radius 1 is 1.64 bits per heavy atom. The Morgan fingerprint density at radius 2 is 2.36 bits per heavy atom. The molecule has 1 rings (SSSR count). The number of H-pyrrole nitrogens is 1. The maximum absolute atomic E-state index is 11.2. The van der Waals surface area contributed by atoms with Crippen LogP contribution in [0, 0.1) is 5.41 Å². The molecule has 0 atom stereocenters. The standard InChI is InChI=1S/C8H14N4OS/c1-8(2,3-9)4-14-7-6(13)10-5-11-12-7/h5H,3-4,9H2,1-2H3,(H,10,11,13). The lowest BCUT2D eigenvalue weighted by molar-refractivity contribution is 0.438. The zero-order chi connectivity index (χ0) is 10.6. The van der Waals surface area contributed by atoms with Crippen LogP contribution in [0.4, 0.5) is 0 Å². The third kappa shape index (κ3) is 3.12. The minimum atomic E-state index is -0.196. The molecule has 0 aromatic carbocycles. The summed E-state index contributed by atoms with van der Waals surface area (Å²) in [5, 5.41) is 7.76. The van der Waals surface area contributed by atoms with Crippen LogP contribution in [0.3, 0.4) is 0 Å². The number of rotatable bonds is 4. The van der Waals surface area contributed by atoms with E-state index in [4.69, 9.17) is 5.73 Å². The van der Waals surface area contributed by atoms with Crippen molar-refractivity contribution in [1.29, 1.82) is 0 Å². The monoisotopic (exact) mass is 214 g/mol. The van der Waals surface area contributed by atoms with E-state index in [1.165, 1.54) is 18.1 Å². The molecule has 1 aromatic heterocycles. The molecule has 0 radical (unpaired) electrons. The number of nitrogens with zero attached hydrogens (tertiary/aromatic N) is 2. The lowest BCUT2D eigenvalue weighted by Crippen LogP contribution is -2.26. The van der Waals surface area contributed by atoms with Gasteiger partial charge in [-0.15, -0.1) is 10.2 Å². The molecule has 0 fully saturated rings. The first-order chi connectivity index (χ1) is 6.55. The lowest BCUT2D eigenvalue weighted by atomic mass is 9.97. The number of nitrogens with two attached hydrogens (primary N) is 1. The van der Waals surface area contributed by atoms with E-state index in [1.807, 2.05) is 13.8 Å². The molecule has 0 unspecified atom stereocenters. The molecule has 0 spiro atoms. The van der Waals surface area contributed by atoms with Gasteiger partial charge in [-0.2, -0.15) is 0 Å². The van der Waals surface area contributed by atoms with Crippen molar-refractivity contribution in [3.05, 3.63) is 16.7 Å². The molecule has 0 saturated carbocycles. The van der Waals surface area contributed by atoms with Crippen LogP contribution in [-0.4, -0.2) is 27.5 Å². The van der Waals surface area contributed by atoms with Gasteiger partial charge in [0.05, 0.1) is 0 Å². The van der Waals surface area contributed by atoms with Crippen molar-refractivity contribution in [3.8, 4) is 0 Å². The van der Waals surface area contributed by atoms with E-state index >= 15 is 0 Å². The first kappa shape index (κ1) is 11.2. The Balaban J connectivity index is 2.63. The van der Waals surface area contributed by atoms with E-state index in [9.17, 15) is 4.79 Å². The topological polar surface area (TPSA) is 84.7 Å². The molecule has 0 aliphatic rings. The van der Waals surface area contributed by atoms with Gasteiger partial charge in [0.1, 0.15) is 6.33 Å². The molecule has 14 heavy (non-hydrogen) atoms. The van der Waals surface area contributed by atoms with E-state index in [-0.39, 0.29) is 11.0 Å². The highest BCUT2D eigenvalue weighted by Crippen LogP contribution is 2.22. The highest BCUT2D eigenvalue weighted by molar-refractivity contribution is 7.99. The molecule has 1 aromatic rings. The summed E-state index contributed by atoms with van der Waals surface area (Å²) >= 11 is 1.38.